The van der Waals surface area contributed by atoms with Gasteiger partial charge in [0, 0.05) is 34.0 Å². The van der Waals surface area contributed by atoms with Crippen molar-refractivity contribution in [2.75, 3.05) is 59.4 Å². The number of thiophene rings is 1. The summed E-state index contributed by atoms with van der Waals surface area (Å²) >= 11 is 7.89. The zero-order valence-corrected chi connectivity index (χ0v) is 38.7. The van der Waals surface area contributed by atoms with Crippen molar-refractivity contribution in [1.82, 2.24) is 45.3 Å². The predicted molar refractivity (Wildman–Crippen MR) is 242 cm³/mol. The number of aliphatic imine (C=N–C) groups is 1. The van der Waals surface area contributed by atoms with Gasteiger partial charge in [-0.15, -0.1) is 26.6 Å². The molecule has 0 aliphatic carbocycles. The zero-order chi connectivity index (χ0) is 47.0. The Kier molecular flexibility index (Phi) is 15.2. The van der Waals surface area contributed by atoms with Gasteiger partial charge in [-0.3, -0.25) is 48.4 Å². The lowest BCUT2D eigenvalue weighted by Crippen LogP contribution is -2.54. The number of fused-ring (bicyclic) bond motifs is 4. The lowest BCUT2D eigenvalue weighted by molar-refractivity contribution is -0.136. The van der Waals surface area contributed by atoms with Crippen LogP contribution in [0.1, 0.15) is 84.9 Å². The molecule has 3 aliphatic rings. The van der Waals surface area contributed by atoms with Gasteiger partial charge in [0.2, 0.25) is 17.7 Å². The van der Waals surface area contributed by atoms with E-state index in [0.717, 1.165) is 38.1 Å². The van der Waals surface area contributed by atoms with Gasteiger partial charge in [0.1, 0.15) is 41.0 Å². The summed E-state index contributed by atoms with van der Waals surface area (Å²) in [4.78, 5) is 70.7. The first-order valence-corrected chi connectivity index (χ1v) is 23.0. The second-order valence-electron chi connectivity index (χ2n) is 15.8. The number of hydrogen-bond acceptors (Lipinski definition) is 16. The van der Waals surface area contributed by atoms with Gasteiger partial charge in [0.25, 0.3) is 11.8 Å². The average molecular weight is 957 g/mol. The number of carbonyl (C=O) groups excluding carboxylic acids is 5. The van der Waals surface area contributed by atoms with E-state index in [1.807, 2.05) is 35.8 Å². The van der Waals surface area contributed by atoms with Crippen LogP contribution in [0, 0.1) is 20.8 Å². The Morgan fingerprint density at radius 3 is 2.31 bits per heavy atom. The number of piperidine rings is 1. The molecule has 5 amide bonds. The molecule has 22 heteroatoms. The number of ether oxygens (including phenoxy) is 5. The van der Waals surface area contributed by atoms with Crippen LogP contribution in [0.5, 0.6) is 5.75 Å². The standard InChI is InChI=1S/C45H49ClN10O10S/c1-26-27(2)67-45-38(26)40(29-7-9-30(46)10-8-29)48-33(41-52-50-28(3)55(41)45)23-37(58)47-13-14-54-24-31(51-53-54)25-65-20-19-63-16-15-62-17-18-64-21-22-66-35-6-4-5-32-39(35)44(61)56(43(32)60)34-11-12-36(57)49-42(34)59/h4-10,24,33-34H,11-23,25H2,1-3H3,(H,47,58)(H,49,57,59)/t33-,34?/m0/s1. The Morgan fingerprint density at radius 1 is 0.866 bits per heavy atom. The van der Waals surface area contributed by atoms with Crippen molar-refractivity contribution < 1.29 is 47.7 Å². The fourth-order valence-corrected chi connectivity index (χ4v) is 9.20. The minimum absolute atomic E-state index is 0.0388. The molecule has 1 unspecified atom stereocenters. The lowest BCUT2D eigenvalue weighted by Gasteiger charge is -2.27. The molecule has 5 aromatic rings. The van der Waals surface area contributed by atoms with Crippen LogP contribution in [-0.2, 0) is 46.5 Å². The molecule has 2 atom stereocenters. The van der Waals surface area contributed by atoms with E-state index in [1.54, 1.807) is 34.3 Å². The summed E-state index contributed by atoms with van der Waals surface area (Å²) in [7, 11) is 0. The van der Waals surface area contributed by atoms with Crippen LogP contribution in [-0.4, -0.2) is 135 Å². The third-order valence-corrected chi connectivity index (χ3v) is 12.7. The second kappa shape index (κ2) is 21.6. The SMILES string of the molecule is Cc1sc2c(c1C)C(c1ccc(Cl)cc1)=N[C@@H](CC(=O)NCCn1cc(COCCOCCOCCOCCOc3cccc4c3C(=O)N(C3CCC(=O)NC3=O)C4=O)nn1)c1nnc(C)n1-2. The fourth-order valence-electron chi connectivity index (χ4n) is 7.86. The molecule has 2 N–H and O–H groups in total. The number of aryl methyl sites for hydroxylation is 2. The van der Waals surface area contributed by atoms with Crippen LogP contribution < -0.4 is 15.4 Å². The van der Waals surface area contributed by atoms with E-state index in [-0.39, 0.29) is 61.9 Å². The molecule has 0 saturated carbocycles. The quantitative estimate of drug-likeness (QED) is 0.0746. The van der Waals surface area contributed by atoms with Crippen LogP contribution >= 0.6 is 22.9 Å². The van der Waals surface area contributed by atoms with Crippen molar-refractivity contribution in [2.45, 2.75) is 65.3 Å². The smallest absolute Gasteiger partial charge is 0.266 e. The highest BCUT2D eigenvalue weighted by Gasteiger charge is 2.46. The van der Waals surface area contributed by atoms with E-state index in [4.69, 9.17) is 40.3 Å². The molecule has 67 heavy (non-hydrogen) atoms. The largest absolute Gasteiger partial charge is 0.490 e. The topological polar surface area (TPSA) is 233 Å². The lowest BCUT2D eigenvalue weighted by atomic mass is 9.99. The van der Waals surface area contributed by atoms with Crippen molar-refractivity contribution >= 4 is 58.2 Å². The summed E-state index contributed by atoms with van der Waals surface area (Å²) in [6.45, 7) is 9.43. The number of hydrogen-bond donors (Lipinski definition) is 2. The monoisotopic (exact) mass is 956 g/mol. The number of carbonyl (C=O) groups is 5. The number of imide groups is 2. The molecule has 352 valence electrons. The number of halogens is 1. The maximum atomic E-state index is 13.4. The van der Waals surface area contributed by atoms with Crippen LogP contribution in [0.3, 0.4) is 0 Å². The number of nitrogens with one attached hydrogen (secondary N) is 2. The summed E-state index contributed by atoms with van der Waals surface area (Å²) < 4.78 is 31.8. The van der Waals surface area contributed by atoms with E-state index >= 15 is 0 Å². The molecule has 1 fully saturated rings. The molecule has 8 rings (SSSR count). The number of benzene rings is 2. The van der Waals surface area contributed by atoms with Crippen LogP contribution in [0.2, 0.25) is 5.02 Å². The minimum Gasteiger partial charge on any atom is -0.490 e. The maximum absolute atomic E-state index is 13.4. The average Bonchev–Trinajstić information content (AvgIpc) is 4.04. The zero-order valence-electron chi connectivity index (χ0n) is 37.1. The number of amides is 5. The number of aromatic nitrogens is 6. The molecule has 0 radical (unpaired) electrons. The summed E-state index contributed by atoms with van der Waals surface area (Å²) in [5.41, 5.74) is 4.68. The summed E-state index contributed by atoms with van der Waals surface area (Å²) in [5.74, 6) is -0.980. The van der Waals surface area contributed by atoms with E-state index in [0.29, 0.717) is 69.3 Å². The Hall–Kier alpha value is -6.23. The third-order valence-electron chi connectivity index (χ3n) is 11.3. The van der Waals surface area contributed by atoms with Crippen molar-refractivity contribution in [3.8, 4) is 10.8 Å². The Morgan fingerprint density at radius 2 is 1.58 bits per heavy atom. The molecule has 3 aromatic heterocycles. The van der Waals surface area contributed by atoms with Gasteiger partial charge in [-0.2, -0.15) is 0 Å². The van der Waals surface area contributed by atoms with Crippen molar-refractivity contribution in [1.29, 1.82) is 0 Å². The van der Waals surface area contributed by atoms with E-state index in [9.17, 15) is 24.0 Å². The highest BCUT2D eigenvalue weighted by atomic mass is 35.5. The third kappa shape index (κ3) is 10.8. The van der Waals surface area contributed by atoms with E-state index < -0.39 is 35.7 Å². The highest BCUT2D eigenvalue weighted by Crippen LogP contribution is 2.40. The summed E-state index contributed by atoms with van der Waals surface area (Å²) in [6.07, 6.45) is 1.95. The predicted octanol–water partition coefficient (Wildman–Crippen LogP) is 3.64. The first kappa shape index (κ1) is 47.3. The van der Waals surface area contributed by atoms with Gasteiger partial charge in [-0.1, -0.05) is 35.0 Å². The van der Waals surface area contributed by atoms with Gasteiger partial charge in [0.15, 0.2) is 5.82 Å². The van der Waals surface area contributed by atoms with Gasteiger partial charge in [-0.25, -0.2) is 0 Å². The van der Waals surface area contributed by atoms with Gasteiger partial charge >= 0.3 is 0 Å². The van der Waals surface area contributed by atoms with Crippen LogP contribution in [0.15, 0.2) is 53.7 Å². The first-order valence-electron chi connectivity index (χ1n) is 21.8. The first-order chi connectivity index (χ1) is 32.5. The minimum atomic E-state index is -1.05. The van der Waals surface area contributed by atoms with Gasteiger partial charge < -0.3 is 29.0 Å². The van der Waals surface area contributed by atoms with Gasteiger partial charge in [0.05, 0.1) is 88.9 Å². The van der Waals surface area contributed by atoms with Gasteiger partial charge in [-0.05, 0) is 57.0 Å². The molecule has 0 bridgehead atoms. The second-order valence-corrected chi connectivity index (χ2v) is 17.4. The van der Waals surface area contributed by atoms with Crippen molar-refractivity contribution in [3.05, 3.63) is 104 Å². The molecule has 20 nitrogen and oxygen atoms in total. The van der Waals surface area contributed by atoms with Crippen molar-refractivity contribution in [3.63, 3.8) is 0 Å². The van der Waals surface area contributed by atoms with E-state index in [1.165, 1.54) is 10.9 Å². The summed E-state index contributed by atoms with van der Waals surface area (Å²) in [5, 5.41) is 24.0. The molecule has 6 heterocycles. The molecule has 2 aromatic carbocycles. The van der Waals surface area contributed by atoms with Crippen LogP contribution in [0.4, 0.5) is 0 Å². The summed E-state index contributed by atoms with van der Waals surface area (Å²) in [6, 6.07) is 10.6. The number of rotatable bonds is 22. The Bertz CT molecular complexity index is 2680. The molecular weight excluding hydrogens is 908 g/mol. The number of nitrogens with zero attached hydrogens (tertiary/aromatic N) is 8. The molecule has 0 spiro atoms. The Balaban J connectivity index is 0.679. The molecule has 1 saturated heterocycles. The molecular formula is C45H49ClN10O10S. The fraction of sp³-hybridized carbons (Fsp3) is 0.422. The van der Waals surface area contributed by atoms with Crippen LogP contribution in [0.25, 0.3) is 5.00 Å². The molecule has 3 aliphatic heterocycles. The Labute approximate surface area is 393 Å². The normalized spacial score (nSPS) is 16.7. The maximum Gasteiger partial charge on any atom is 0.266 e. The van der Waals surface area contributed by atoms with Crippen molar-refractivity contribution in [2.24, 2.45) is 4.99 Å². The van der Waals surface area contributed by atoms with E-state index in [2.05, 4.69) is 45.0 Å². The highest BCUT2D eigenvalue weighted by molar-refractivity contribution is 7.15.